The minimum absolute atomic E-state index is 0.231. The maximum absolute atomic E-state index is 12.1. The van der Waals surface area contributed by atoms with E-state index in [-0.39, 0.29) is 11.8 Å². The number of aromatic amines is 1. The number of nitrogens with zero attached hydrogens (tertiary/aromatic N) is 1. The first-order chi connectivity index (χ1) is 10.1. The summed E-state index contributed by atoms with van der Waals surface area (Å²) >= 11 is 3.46. The van der Waals surface area contributed by atoms with Crippen LogP contribution in [0.15, 0.2) is 27.3 Å². The van der Waals surface area contributed by atoms with Crippen LogP contribution in [-0.2, 0) is 9.59 Å². The van der Waals surface area contributed by atoms with E-state index in [0.717, 1.165) is 20.8 Å². The lowest BCUT2D eigenvalue weighted by atomic mass is 9.92. The summed E-state index contributed by atoms with van der Waals surface area (Å²) in [5.41, 5.74) is 2.17. The average Bonchev–Trinajstić information content (AvgIpc) is 3.04. The predicted octanol–water partition coefficient (Wildman–Crippen LogP) is 2.59. The van der Waals surface area contributed by atoms with Gasteiger partial charge >= 0.3 is 0 Å². The third-order valence-corrected chi connectivity index (χ3v) is 4.42. The van der Waals surface area contributed by atoms with E-state index in [9.17, 15) is 9.59 Å². The summed E-state index contributed by atoms with van der Waals surface area (Å²) in [6.45, 7) is 0. The van der Waals surface area contributed by atoms with Gasteiger partial charge in [-0.3, -0.25) is 19.9 Å². The number of amides is 2. The molecule has 3 heterocycles. The van der Waals surface area contributed by atoms with Crippen LogP contribution < -0.4 is 5.32 Å². The Hall–Kier alpha value is -2.15. The number of imide groups is 1. The molecule has 2 aromatic heterocycles. The lowest BCUT2D eigenvalue weighted by Crippen LogP contribution is -2.39. The maximum atomic E-state index is 12.1. The smallest absolute Gasteiger partial charge is 0.235 e. The van der Waals surface area contributed by atoms with Crippen molar-refractivity contribution in [2.24, 2.45) is 0 Å². The fourth-order valence-corrected chi connectivity index (χ4v) is 3.34. The number of benzene rings is 1. The van der Waals surface area contributed by atoms with Gasteiger partial charge in [-0.25, -0.2) is 5.16 Å². The number of piperidine rings is 1. The zero-order valence-electron chi connectivity index (χ0n) is 10.8. The first-order valence-corrected chi connectivity index (χ1v) is 7.32. The Kier molecular flexibility index (Phi) is 2.65. The summed E-state index contributed by atoms with van der Waals surface area (Å²) < 4.78 is 6.30. The number of rotatable bonds is 1. The Labute approximate surface area is 127 Å². The molecule has 6 nitrogen and oxygen atoms in total. The molecule has 106 valence electrons. The van der Waals surface area contributed by atoms with E-state index < -0.39 is 5.92 Å². The third-order valence-electron chi connectivity index (χ3n) is 3.83. The molecule has 1 aliphatic rings. The number of hydrogen-bond acceptors (Lipinski definition) is 4. The van der Waals surface area contributed by atoms with Crippen molar-refractivity contribution in [2.45, 2.75) is 18.8 Å². The Morgan fingerprint density at radius 1 is 1.38 bits per heavy atom. The zero-order chi connectivity index (χ0) is 14.6. The van der Waals surface area contributed by atoms with E-state index in [1.165, 1.54) is 0 Å². The van der Waals surface area contributed by atoms with Crippen LogP contribution in [0.1, 0.15) is 24.5 Å². The van der Waals surface area contributed by atoms with E-state index in [0.29, 0.717) is 24.1 Å². The number of hydrogen-bond donors (Lipinski definition) is 2. The van der Waals surface area contributed by atoms with Crippen LogP contribution in [-0.4, -0.2) is 22.0 Å². The molecule has 2 N–H and O–H groups in total. The highest BCUT2D eigenvalue weighted by molar-refractivity contribution is 9.10. The average molecular weight is 348 g/mol. The van der Waals surface area contributed by atoms with Crippen LogP contribution in [0.25, 0.3) is 21.9 Å². The molecule has 1 unspecified atom stereocenters. The number of carbonyl (C=O) groups is 2. The van der Waals surface area contributed by atoms with Gasteiger partial charge in [0.05, 0.1) is 27.0 Å². The van der Waals surface area contributed by atoms with Crippen molar-refractivity contribution in [3.63, 3.8) is 0 Å². The standard InChI is InChI=1S/C14H10BrN3O3/c15-8-5-9-6(3-4-16-9)11-12(18-21-13(8)11)7-1-2-10(19)17-14(7)20/h3-5,7,18H,1-2H2,(H,17,19,20). The Morgan fingerprint density at radius 3 is 3.05 bits per heavy atom. The van der Waals surface area contributed by atoms with Gasteiger partial charge in [0.1, 0.15) is 0 Å². The Bertz CT molecular complexity index is 896. The topological polar surface area (TPSA) is 88.0 Å². The summed E-state index contributed by atoms with van der Waals surface area (Å²) in [5.74, 6) is -0.945. The fraction of sp³-hybridized carbons (Fsp3) is 0.214. The summed E-state index contributed by atoms with van der Waals surface area (Å²) in [7, 11) is 0. The van der Waals surface area contributed by atoms with Gasteiger partial charge in [0.15, 0.2) is 5.58 Å². The van der Waals surface area contributed by atoms with Crippen molar-refractivity contribution in [1.29, 1.82) is 0 Å². The molecule has 0 spiro atoms. The zero-order valence-corrected chi connectivity index (χ0v) is 12.4. The van der Waals surface area contributed by atoms with E-state index in [1.807, 2.05) is 12.1 Å². The van der Waals surface area contributed by atoms with E-state index in [1.54, 1.807) is 6.20 Å². The van der Waals surface area contributed by atoms with Gasteiger partial charge in [0.2, 0.25) is 11.8 Å². The molecule has 4 rings (SSSR count). The van der Waals surface area contributed by atoms with Crippen LogP contribution in [0.3, 0.4) is 0 Å². The molecule has 0 bridgehead atoms. The van der Waals surface area contributed by atoms with Crippen molar-refractivity contribution < 1.29 is 14.1 Å². The first kappa shape index (κ1) is 12.6. The highest BCUT2D eigenvalue weighted by Gasteiger charge is 2.32. The van der Waals surface area contributed by atoms with Crippen molar-refractivity contribution in [3.8, 4) is 0 Å². The lowest BCUT2D eigenvalue weighted by molar-refractivity contribution is -0.134. The Morgan fingerprint density at radius 2 is 2.24 bits per heavy atom. The lowest BCUT2D eigenvalue weighted by Gasteiger charge is -2.19. The van der Waals surface area contributed by atoms with Crippen LogP contribution in [0, 0.1) is 0 Å². The van der Waals surface area contributed by atoms with Gasteiger partial charge < -0.3 is 4.52 Å². The van der Waals surface area contributed by atoms with Crippen LogP contribution >= 0.6 is 15.9 Å². The molecule has 1 aromatic carbocycles. The summed E-state index contributed by atoms with van der Waals surface area (Å²) in [6.07, 6.45) is 2.52. The molecular formula is C14H10BrN3O3. The second-order valence-electron chi connectivity index (χ2n) is 5.06. The van der Waals surface area contributed by atoms with Gasteiger partial charge in [0.25, 0.3) is 0 Å². The van der Waals surface area contributed by atoms with Crippen molar-refractivity contribution in [1.82, 2.24) is 15.5 Å². The number of nitrogens with one attached hydrogen (secondary N) is 2. The number of fused-ring (bicyclic) bond motifs is 3. The van der Waals surface area contributed by atoms with Gasteiger partial charge in [-0.15, -0.1) is 0 Å². The molecule has 1 atom stereocenters. The minimum atomic E-state index is -0.420. The second-order valence-corrected chi connectivity index (χ2v) is 5.92. The summed E-state index contributed by atoms with van der Waals surface area (Å²) in [6, 6.07) is 3.77. The molecular weight excluding hydrogens is 338 g/mol. The molecule has 0 saturated carbocycles. The predicted molar refractivity (Wildman–Crippen MR) is 78.7 cm³/mol. The number of H-pyrrole nitrogens is 1. The molecule has 7 heteroatoms. The van der Waals surface area contributed by atoms with Crippen molar-refractivity contribution in [2.75, 3.05) is 0 Å². The van der Waals surface area contributed by atoms with Crippen LogP contribution in [0.2, 0.25) is 0 Å². The van der Waals surface area contributed by atoms with Gasteiger partial charge in [0, 0.05) is 18.0 Å². The van der Waals surface area contributed by atoms with Gasteiger partial charge in [-0.2, -0.15) is 0 Å². The molecule has 3 aromatic rings. The van der Waals surface area contributed by atoms with Gasteiger partial charge in [-0.1, -0.05) is 0 Å². The van der Waals surface area contributed by atoms with E-state index >= 15 is 0 Å². The van der Waals surface area contributed by atoms with E-state index in [4.69, 9.17) is 4.52 Å². The highest BCUT2D eigenvalue weighted by Crippen LogP contribution is 2.38. The fourth-order valence-electron chi connectivity index (χ4n) is 2.84. The quantitative estimate of drug-likeness (QED) is 0.662. The molecule has 0 radical (unpaired) electrons. The highest BCUT2D eigenvalue weighted by atomic mass is 79.9. The first-order valence-electron chi connectivity index (χ1n) is 6.53. The molecule has 1 fully saturated rings. The van der Waals surface area contributed by atoms with E-state index in [2.05, 4.69) is 31.4 Å². The third kappa shape index (κ3) is 1.80. The van der Waals surface area contributed by atoms with Gasteiger partial charge in [-0.05, 0) is 34.5 Å². The molecule has 2 amide bonds. The summed E-state index contributed by atoms with van der Waals surface area (Å²) in [5, 5.41) is 6.99. The summed E-state index contributed by atoms with van der Waals surface area (Å²) in [4.78, 5) is 27.7. The van der Waals surface area contributed by atoms with Crippen molar-refractivity contribution >= 4 is 49.6 Å². The van der Waals surface area contributed by atoms with Crippen LogP contribution in [0.5, 0.6) is 0 Å². The molecule has 0 aliphatic carbocycles. The second kappa shape index (κ2) is 4.42. The number of halogens is 1. The molecule has 1 aliphatic heterocycles. The molecule has 1 saturated heterocycles. The monoisotopic (exact) mass is 347 g/mol. The van der Waals surface area contributed by atoms with Crippen molar-refractivity contribution in [3.05, 3.63) is 28.5 Å². The molecule has 21 heavy (non-hydrogen) atoms. The number of carbonyl (C=O) groups excluding carboxylic acids is 2. The SMILES string of the molecule is O=C1CCC(c2[nH]oc3c(Br)cc4nccc4c23)C(=O)N1. The Balaban J connectivity index is 1.97. The largest absolute Gasteiger partial charge is 0.380 e. The minimum Gasteiger partial charge on any atom is -0.380 e. The number of aromatic nitrogens is 2. The van der Waals surface area contributed by atoms with Crippen LogP contribution in [0.4, 0.5) is 0 Å². The normalized spacial score (nSPS) is 19.4. The maximum Gasteiger partial charge on any atom is 0.235 e.